The predicted octanol–water partition coefficient (Wildman–Crippen LogP) is 2.38. The molecule has 2 nitrogen and oxygen atoms in total. The summed E-state index contributed by atoms with van der Waals surface area (Å²) in [4.78, 5) is 4.14. The van der Waals surface area contributed by atoms with Crippen molar-refractivity contribution in [3.63, 3.8) is 0 Å². The van der Waals surface area contributed by atoms with Crippen molar-refractivity contribution in [2.24, 2.45) is 0 Å². The maximum Gasteiger partial charge on any atom is 0.0631 e. The molecule has 0 spiro atoms. The van der Waals surface area contributed by atoms with E-state index in [-0.39, 0.29) is 0 Å². The Morgan fingerprint density at radius 3 is 3.00 bits per heavy atom. The van der Waals surface area contributed by atoms with Gasteiger partial charge in [0.1, 0.15) is 0 Å². The van der Waals surface area contributed by atoms with E-state index in [1.54, 1.807) is 6.20 Å². The zero-order valence-corrected chi connectivity index (χ0v) is 8.51. The van der Waals surface area contributed by atoms with Crippen molar-refractivity contribution < 1.29 is 0 Å². The number of alkyl halides is 1. The number of rotatable bonds is 2. The minimum absolute atomic E-state index is 0.742. The number of nitrogen functional groups attached to an aromatic ring is 1. The lowest BCUT2D eigenvalue weighted by molar-refractivity contribution is 1.26. The summed E-state index contributed by atoms with van der Waals surface area (Å²) in [7, 11) is 0. The monoisotopic (exact) mass is 226 g/mol. The summed E-state index contributed by atoms with van der Waals surface area (Å²) >= 11 is 3.30. The number of aryl methyl sites for hydroxylation is 1. The highest BCUT2D eigenvalue weighted by Crippen LogP contribution is 2.10. The molecule has 0 unspecified atom stereocenters. The summed E-state index contributed by atoms with van der Waals surface area (Å²) in [5, 5.41) is 0.845. The lowest BCUT2D eigenvalue weighted by Gasteiger charge is -1.99. The molecule has 0 aliphatic heterocycles. The molecule has 0 aromatic carbocycles. The minimum atomic E-state index is 0.742. The van der Waals surface area contributed by atoms with Gasteiger partial charge < -0.3 is 5.73 Å². The van der Waals surface area contributed by atoms with E-state index in [2.05, 4.69) is 20.9 Å². The van der Waals surface area contributed by atoms with E-state index in [1.807, 2.05) is 25.1 Å². The van der Waals surface area contributed by atoms with Crippen molar-refractivity contribution >= 4 is 27.7 Å². The number of anilines is 1. The zero-order valence-electron chi connectivity index (χ0n) is 6.92. The van der Waals surface area contributed by atoms with Gasteiger partial charge in [0.15, 0.2) is 0 Å². The molecule has 0 atom stereocenters. The first-order chi connectivity index (χ1) is 5.74. The fraction of sp³-hybridized carbons (Fsp3) is 0.222. The summed E-state index contributed by atoms with van der Waals surface area (Å²) in [6.45, 7) is 1.97. The van der Waals surface area contributed by atoms with Crippen molar-refractivity contribution in [3.05, 3.63) is 29.6 Å². The van der Waals surface area contributed by atoms with Gasteiger partial charge in [-0.05, 0) is 24.6 Å². The van der Waals surface area contributed by atoms with Crippen LogP contribution < -0.4 is 5.73 Å². The molecule has 0 amide bonds. The average molecular weight is 227 g/mol. The molecule has 0 saturated heterocycles. The Morgan fingerprint density at radius 1 is 1.67 bits per heavy atom. The normalized spacial score (nSPS) is 10.8. The summed E-state index contributed by atoms with van der Waals surface area (Å²) in [6.07, 6.45) is 5.64. The third-order valence-electron chi connectivity index (χ3n) is 1.55. The minimum Gasteiger partial charge on any atom is -0.397 e. The van der Waals surface area contributed by atoms with E-state index in [0.717, 1.165) is 22.3 Å². The summed E-state index contributed by atoms with van der Waals surface area (Å²) < 4.78 is 0. The standard InChI is InChI=1S/C9H11BrN2/c1-7-5-8(3-2-4-10)12-6-9(7)11/h2-3,5-6H,4,11H2,1H3. The second-order valence-corrected chi connectivity index (χ2v) is 3.17. The molecule has 0 aliphatic rings. The highest BCUT2D eigenvalue weighted by Gasteiger charge is 1.93. The van der Waals surface area contributed by atoms with Crippen molar-refractivity contribution in [2.75, 3.05) is 11.1 Å². The Morgan fingerprint density at radius 2 is 2.42 bits per heavy atom. The first kappa shape index (κ1) is 9.26. The van der Waals surface area contributed by atoms with E-state index in [4.69, 9.17) is 5.73 Å². The van der Waals surface area contributed by atoms with Crippen LogP contribution in [0.2, 0.25) is 0 Å². The second-order valence-electron chi connectivity index (χ2n) is 2.52. The molecule has 12 heavy (non-hydrogen) atoms. The maximum absolute atomic E-state index is 5.62. The predicted molar refractivity (Wildman–Crippen MR) is 56.2 cm³/mol. The lowest BCUT2D eigenvalue weighted by Crippen LogP contribution is -1.92. The van der Waals surface area contributed by atoms with Gasteiger partial charge in [0, 0.05) is 5.33 Å². The van der Waals surface area contributed by atoms with Gasteiger partial charge in [-0.2, -0.15) is 0 Å². The van der Waals surface area contributed by atoms with Gasteiger partial charge >= 0.3 is 0 Å². The quantitative estimate of drug-likeness (QED) is 0.787. The SMILES string of the molecule is Cc1cc(C=CCBr)ncc1N. The van der Waals surface area contributed by atoms with Gasteiger partial charge in [-0.25, -0.2) is 0 Å². The molecule has 1 aromatic heterocycles. The van der Waals surface area contributed by atoms with Crippen LogP contribution >= 0.6 is 15.9 Å². The molecule has 0 radical (unpaired) electrons. The topological polar surface area (TPSA) is 38.9 Å². The molecule has 3 heteroatoms. The van der Waals surface area contributed by atoms with Crippen LogP contribution in [-0.4, -0.2) is 10.3 Å². The number of halogens is 1. The van der Waals surface area contributed by atoms with Crippen molar-refractivity contribution in [1.29, 1.82) is 0 Å². The molecule has 64 valence electrons. The van der Waals surface area contributed by atoms with E-state index in [1.165, 1.54) is 0 Å². The Bertz CT molecular complexity index is 295. The first-order valence-electron chi connectivity index (χ1n) is 3.68. The highest BCUT2D eigenvalue weighted by atomic mass is 79.9. The lowest BCUT2D eigenvalue weighted by atomic mass is 10.2. The zero-order chi connectivity index (χ0) is 8.97. The maximum atomic E-state index is 5.62. The molecular weight excluding hydrogens is 216 g/mol. The molecule has 2 N–H and O–H groups in total. The molecule has 1 aromatic rings. The molecule has 1 rings (SSSR count). The van der Waals surface area contributed by atoms with Crippen LogP contribution in [0.5, 0.6) is 0 Å². The van der Waals surface area contributed by atoms with Gasteiger partial charge in [0.2, 0.25) is 0 Å². The molecule has 0 bridgehead atoms. The van der Waals surface area contributed by atoms with Crippen LogP contribution in [0, 0.1) is 6.92 Å². The third-order valence-corrected chi connectivity index (χ3v) is 1.92. The first-order valence-corrected chi connectivity index (χ1v) is 4.81. The molecule has 0 saturated carbocycles. The molecular formula is C9H11BrN2. The fourth-order valence-corrected chi connectivity index (χ4v) is 1.03. The smallest absolute Gasteiger partial charge is 0.0631 e. The second kappa shape index (κ2) is 4.26. The van der Waals surface area contributed by atoms with Crippen LogP contribution in [-0.2, 0) is 0 Å². The van der Waals surface area contributed by atoms with Gasteiger partial charge in [-0.15, -0.1) is 0 Å². The Kier molecular flexibility index (Phi) is 3.29. The summed E-state index contributed by atoms with van der Waals surface area (Å²) in [6, 6.07) is 1.97. The van der Waals surface area contributed by atoms with Crippen LogP contribution in [0.25, 0.3) is 6.08 Å². The molecule has 0 fully saturated rings. The van der Waals surface area contributed by atoms with Crippen molar-refractivity contribution in [1.82, 2.24) is 4.98 Å². The van der Waals surface area contributed by atoms with Crippen LogP contribution in [0.4, 0.5) is 5.69 Å². The van der Waals surface area contributed by atoms with E-state index in [0.29, 0.717) is 0 Å². The number of nitrogens with zero attached hydrogens (tertiary/aromatic N) is 1. The Balaban J connectivity index is 2.89. The summed E-state index contributed by atoms with van der Waals surface area (Å²) in [5.41, 5.74) is 8.38. The number of hydrogen-bond acceptors (Lipinski definition) is 2. The van der Waals surface area contributed by atoms with Gasteiger partial charge in [-0.1, -0.05) is 22.0 Å². The number of pyridine rings is 1. The van der Waals surface area contributed by atoms with E-state index < -0.39 is 0 Å². The van der Waals surface area contributed by atoms with Gasteiger partial charge in [-0.3, -0.25) is 4.98 Å². The number of hydrogen-bond donors (Lipinski definition) is 1. The Labute approximate surface area is 80.6 Å². The average Bonchev–Trinajstić information content (AvgIpc) is 2.07. The van der Waals surface area contributed by atoms with E-state index >= 15 is 0 Å². The van der Waals surface area contributed by atoms with Crippen LogP contribution in [0.15, 0.2) is 18.3 Å². The summed E-state index contributed by atoms with van der Waals surface area (Å²) in [5.74, 6) is 0. The van der Waals surface area contributed by atoms with Crippen molar-refractivity contribution in [2.45, 2.75) is 6.92 Å². The van der Waals surface area contributed by atoms with Crippen LogP contribution in [0.1, 0.15) is 11.3 Å². The third kappa shape index (κ3) is 2.34. The number of nitrogens with two attached hydrogens (primary N) is 1. The molecule has 0 aliphatic carbocycles. The molecule has 1 heterocycles. The van der Waals surface area contributed by atoms with Gasteiger partial charge in [0.05, 0.1) is 17.6 Å². The van der Waals surface area contributed by atoms with Crippen molar-refractivity contribution in [3.8, 4) is 0 Å². The largest absolute Gasteiger partial charge is 0.397 e. The number of allylic oxidation sites excluding steroid dienone is 1. The fourth-order valence-electron chi connectivity index (χ4n) is 0.845. The van der Waals surface area contributed by atoms with Crippen LogP contribution in [0.3, 0.4) is 0 Å². The number of aromatic nitrogens is 1. The van der Waals surface area contributed by atoms with E-state index in [9.17, 15) is 0 Å². The Hall–Kier alpha value is -0.830. The van der Waals surface area contributed by atoms with Gasteiger partial charge in [0.25, 0.3) is 0 Å². The highest BCUT2D eigenvalue weighted by molar-refractivity contribution is 9.09.